The summed E-state index contributed by atoms with van der Waals surface area (Å²) in [6.07, 6.45) is 5.32. The summed E-state index contributed by atoms with van der Waals surface area (Å²) in [6.45, 7) is 10.8. The van der Waals surface area contributed by atoms with E-state index < -0.39 is 0 Å². The fraction of sp³-hybridized carbons (Fsp3) is 1.00. The summed E-state index contributed by atoms with van der Waals surface area (Å²) < 4.78 is 0. The van der Waals surface area contributed by atoms with Crippen molar-refractivity contribution in [3.63, 3.8) is 0 Å². The van der Waals surface area contributed by atoms with Crippen LogP contribution in [-0.2, 0) is 0 Å². The molecule has 6 unspecified atom stereocenters. The van der Waals surface area contributed by atoms with Crippen LogP contribution in [0.1, 0.15) is 53.4 Å². The van der Waals surface area contributed by atoms with Crippen LogP contribution in [0, 0.1) is 17.8 Å². The van der Waals surface area contributed by atoms with E-state index in [1.54, 1.807) is 0 Å². The molecule has 17 heavy (non-hydrogen) atoms. The molecule has 0 radical (unpaired) electrons. The second kappa shape index (κ2) is 5.27. The molecule has 0 spiro atoms. The summed E-state index contributed by atoms with van der Waals surface area (Å²) in [4.78, 5) is 2.73. The lowest BCUT2D eigenvalue weighted by molar-refractivity contribution is 0.00621. The molecule has 1 heterocycles. The number of hydrogen-bond donors (Lipinski definition) is 1. The second-order valence-electron chi connectivity index (χ2n) is 6.81. The van der Waals surface area contributed by atoms with Crippen molar-refractivity contribution < 1.29 is 0 Å². The highest BCUT2D eigenvalue weighted by Crippen LogP contribution is 2.35. The van der Waals surface area contributed by atoms with Gasteiger partial charge >= 0.3 is 0 Å². The minimum atomic E-state index is 0.390. The zero-order valence-corrected chi connectivity index (χ0v) is 12.0. The highest BCUT2D eigenvalue weighted by atomic mass is 15.2. The standard InChI is InChI=1S/C15H30N2/c1-10-8-12(3)15(14(16)9-10)17-7-5-6-11(2)13(17)4/h10-15H,5-9,16H2,1-4H3. The number of nitrogens with two attached hydrogens (primary N) is 1. The first-order valence-electron chi connectivity index (χ1n) is 7.52. The first-order valence-corrected chi connectivity index (χ1v) is 7.52. The van der Waals surface area contributed by atoms with Gasteiger partial charge in [0.1, 0.15) is 0 Å². The Morgan fingerprint density at radius 3 is 2.35 bits per heavy atom. The van der Waals surface area contributed by atoms with Crippen molar-refractivity contribution in [1.29, 1.82) is 0 Å². The van der Waals surface area contributed by atoms with Crippen LogP contribution in [0.5, 0.6) is 0 Å². The zero-order chi connectivity index (χ0) is 12.6. The quantitative estimate of drug-likeness (QED) is 0.761. The van der Waals surface area contributed by atoms with E-state index in [9.17, 15) is 0 Å². The number of piperidine rings is 1. The fourth-order valence-electron chi connectivity index (χ4n) is 4.26. The second-order valence-corrected chi connectivity index (χ2v) is 6.81. The molecule has 1 aliphatic carbocycles. The molecule has 100 valence electrons. The molecule has 2 heteroatoms. The predicted molar refractivity (Wildman–Crippen MR) is 73.9 cm³/mol. The molecule has 6 atom stereocenters. The average Bonchev–Trinajstić information content (AvgIpc) is 2.23. The monoisotopic (exact) mass is 238 g/mol. The maximum atomic E-state index is 6.46. The minimum absolute atomic E-state index is 0.390. The molecule has 0 amide bonds. The molecule has 1 saturated heterocycles. The Balaban J connectivity index is 2.09. The molecular weight excluding hydrogens is 208 g/mol. The third kappa shape index (κ3) is 2.68. The summed E-state index contributed by atoms with van der Waals surface area (Å²) in [5, 5.41) is 0. The lowest BCUT2D eigenvalue weighted by atomic mass is 9.74. The van der Waals surface area contributed by atoms with Gasteiger partial charge in [0.15, 0.2) is 0 Å². The Labute approximate surface area is 107 Å². The van der Waals surface area contributed by atoms with Crippen LogP contribution in [-0.4, -0.2) is 29.6 Å². The normalized spacial score (nSPS) is 49.2. The van der Waals surface area contributed by atoms with Gasteiger partial charge in [-0.15, -0.1) is 0 Å². The van der Waals surface area contributed by atoms with Gasteiger partial charge in [-0.2, -0.15) is 0 Å². The van der Waals surface area contributed by atoms with E-state index in [0.717, 1.165) is 23.8 Å². The summed E-state index contributed by atoms with van der Waals surface area (Å²) >= 11 is 0. The Hall–Kier alpha value is -0.0800. The van der Waals surface area contributed by atoms with Gasteiger partial charge in [0.25, 0.3) is 0 Å². The highest BCUT2D eigenvalue weighted by molar-refractivity contribution is 4.95. The van der Waals surface area contributed by atoms with Gasteiger partial charge in [-0.1, -0.05) is 20.8 Å². The van der Waals surface area contributed by atoms with Crippen molar-refractivity contribution in [2.24, 2.45) is 23.5 Å². The summed E-state index contributed by atoms with van der Waals surface area (Å²) in [5.41, 5.74) is 6.46. The van der Waals surface area contributed by atoms with E-state index >= 15 is 0 Å². The minimum Gasteiger partial charge on any atom is -0.326 e. The van der Waals surface area contributed by atoms with Crippen molar-refractivity contribution in [2.75, 3.05) is 6.54 Å². The smallest absolute Gasteiger partial charge is 0.0275 e. The van der Waals surface area contributed by atoms with E-state index in [1.165, 1.54) is 32.2 Å². The number of nitrogens with zero attached hydrogens (tertiary/aromatic N) is 1. The maximum absolute atomic E-state index is 6.46. The first-order chi connectivity index (χ1) is 8.00. The molecule has 2 N–H and O–H groups in total. The van der Waals surface area contributed by atoms with Gasteiger partial charge in [0.05, 0.1) is 0 Å². The Kier molecular flexibility index (Phi) is 4.14. The van der Waals surface area contributed by atoms with Crippen LogP contribution in [0.3, 0.4) is 0 Å². The van der Waals surface area contributed by atoms with Gasteiger partial charge in [-0.25, -0.2) is 0 Å². The Morgan fingerprint density at radius 1 is 1.00 bits per heavy atom. The number of hydrogen-bond acceptors (Lipinski definition) is 2. The molecule has 2 aliphatic rings. The Bertz CT molecular complexity index is 241. The molecule has 0 aromatic carbocycles. The topological polar surface area (TPSA) is 29.3 Å². The maximum Gasteiger partial charge on any atom is 0.0275 e. The third-order valence-electron chi connectivity index (χ3n) is 5.28. The van der Waals surface area contributed by atoms with Crippen molar-refractivity contribution >= 4 is 0 Å². The highest BCUT2D eigenvalue weighted by Gasteiger charge is 2.39. The molecular formula is C15H30N2. The van der Waals surface area contributed by atoms with E-state index in [0.29, 0.717) is 12.1 Å². The molecule has 2 nitrogen and oxygen atoms in total. The van der Waals surface area contributed by atoms with Crippen LogP contribution in [0.4, 0.5) is 0 Å². The third-order valence-corrected chi connectivity index (χ3v) is 5.28. The lowest BCUT2D eigenvalue weighted by Gasteiger charge is -2.50. The number of rotatable bonds is 1. The van der Waals surface area contributed by atoms with Gasteiger partial charge in [0, 0.05) is 18.1 Å². The summed E-state index contributed by atoms with van der Waals surface area (Å²) in [6, 6.07) is 1.74. The van der Waals surface area contributed by atoms with Crippen molar-refractivity contribution in [3.05, 3.63) is 0 Å². The lowest BCUT2D eigenvalue weighted by Crippen LogP contribution is -2.59. The van der Waals surface area contributed by atoms with Gasteiger partial charge in [-0.05, 0) is 56.9 Å². The van der Waals surface area contributed by atoms with Gasteiger partial charge in [0.2, 0.25) is 0 Å². The molecule has 0 aromatic heterocycles. The average molecular weight is 238 g/mol. The van der Waals surface area contributed by atoms with Crippen molar-refractivity contribution in [2.45, 2.75) is 71.5 Å². The van der Waals surface area contributed by atoms with Crippen LogP contribution in [0.2, 0.25) is 0 Å². The number of likely N-dealkylation sites (tertiary alicyclic amines) is 1. The predicted octanol–water partition coefficient (Wildman–Crippen LogP) is 2.87. The summed E-state index contributed by atoms with van der Waals surface area (Å²) in [5.74, 6) is 2.41. The fourth-order valence-corrected chi connectivity index (χ4v) is 4.26. The Morgan fingerprint density at radius 2 is 1.71 bits per heavy atom. The van der Waals surface area contributed by atoms with E-state index in [4.69, 9.17) is 5.73 Å². The zero-order valence-electron chi connectivity index (χ0n) is 12.0. The molecule has 0 aromatic rings. The molecule has 2 rings (SSSR count). The van der Waals surface area contributed by atoms with E-state index in [2.05, 4.69) is 32.6 Å². The van der Waals surface area contributed by atoms with Crippen molar-refractivity contribution in [3.8, 4) is 0 Å². The molecule has 1 aliphatic heterocycles. The van der Waals surface area contributed by atoms with Crippen LogP contribution in [0.15, 0.2) is 0 Å². The van der Waals surface area contributed by atoms with Crippen LogP contribution >= 0.6 is 0 Å². The molecule has 1 saturated carbocycles. The van der Waals surface area contributed by atoms with Crippen molar-refractivity contribution in [1.82, 2.24) is 4.90 Å². The molecule has 2 fully saturated rings. The molecule has 0 bridgehead atoms. The van der Waals surface area contributed by atoms with Gasteiger partial charge in [-0.3, -0.25) is 4.90 Å². The van der Waals surface area contributed by atoms with E-state index in [-0.39, 0.29) is 0 Å². The summed E-state index contributed by atoms with van der Waals surface area (Å²) in [7, 11) is 0. The SMILES string of the molecule is CC1CC(C)C(N2CCCC(C)C2C)C(N)C1. The van der Waals surface area contributed by atoms with Crippen LogP contribution < -0.4 is 5.73 Å². The first kappa shape index (κ1) is 13.4. The largest absolute Gasteiger partial charge is 0.326 e. The van der Waals surface area contributed by atoms with Crippen LogP contribution in [0.25, 0.3) is 0 Å². The van der Waals surface area contributed by atoms with Gasteiger partial charge < -0.3 is 5.73 Å². The van der Waals surface area contributed by atoms with E-state index in [1.807, 2.05) is 0 Å².